The van der Waals surface area contributed by atoms with Crippen LogP contribution in [-0.4, -0.2) is 42.0 Å². The first-order valence-electron chi connectivity index (χ1n) is 11.7. The van der Waals surface area contributed by atoms with Gasteiger partial charge in [-0.15, -0.1) is 6.58 Å². The van der Waals surface area contributed by atoms with Gasteiger partial charge in [0.25, 0.3) is 0 Å². The van der Waals surface area contributed by atoms with E-state index in [2.05, 4.69) is 35.9 Å². The highest BCUT2D eigenvalue weighted by Gasteiger charge is 2.04. The fourth-order valence-electron chi connectivity index (χ4n) is 3.00. The van der Waals surface area contributed by atoms with Crippen LogP contribution in [0.4, 0.5) is 5.69 Å². The average Bonchev–Trinajstić information content (AvgIpc) is 2.82. The molecule has 0 saturated heterocycles. The second-order valence-corrected chi connectivity index (χ2v) is 7.79. The second kappa shape index (κ2) is 19.2. The summed E-state index contributed by atoms with van der Waals surface area (Å²) in [7, 11) is 0. The molecular weight excluding hydrogens is 402 g/mol. The number of unbranched alkanes of at least 4 members (excludes halogenated alkanes) is 8. The summed E-state index contributed by atoms with van der Waals surface area (Å²) in [5.41, 5.74) is 1.72. The molecule has 0 aliphatic rings. The number of hydrogen-bond acceptors (Lipinski definition) is 5. The Morgan fingerprint density at radius 3 is 2.28 bits per heavy atom. The second-order valence-electron chi connectivity index (χ2n) is 7.79. The molecule has 1 aromatic rings. The molecule has 0 aliphatic heterocycles. The molecule has 0 aromatic heterocycles. The van der Waals surface area contributed by atoms with Crippen LogP contribution >= 0.6 is 0 Å². The third-order valence-corrected chi connectivity index (χ3v) is 4.88. The first kappa shape index (κ1) is 27.5. The average molecular weight is 442 g/mol. The van der Waals surface area contributed by atoms with E-state index in [1.54, 1.807) is 0 Å². The van der Waals surface area contributed by atoms with Gasteiger partial charge in [-0.05, 0) is 62.8 Å². The molecule has 1 rings (SSSR count). The van der Waals surface area contributed by atoms with Gasteiger partial charge in [-0.3, -0.25) is 0 Å². The molecule has 1 aromatic carbocycles. The van der Waals surface area contributed by atoms with Crippen molar-refractivity contribution in [1.82, 2.24) is 0 Å². The predicted molar refractivity (Wildman–Crippen MR) is 131 cm³/mol. The van der Waals surface area contributed by atoms with Crippen molar-refractivity contribution in [3.8, 4) is 11.8 Å². The number of esters is 1. The van der Waals surface area contributed by atoms with Crippen LogP contribution in [0, 0.1) is 11.8 Å². The van der Waals surface area contributed by atoms with Gasteiger partial charge in [-0.1, -0.05) is 49.8 Å². The van der Waals surface area contributed by atoms with E-state index in [4.69, 9.17) is 14.9 Å². The van der Waals surface area contributed by atoms with E-state index in [0.717, 1.165) is 31.5 Å². The van der Waals surface area contributed by atoms with Crippen LogP contribution < -0.4 is 5.32 Å². The molecule has 0 heterocycles. The van der Waals surface area contributed by atoms with Crippen LogP contribution in [-0.2, 0) is 9.53 Å². The molecule has 5 nitrogen and oxygen atoms in total. The number of carbonyl (C=O) groups is 1. The number of aliphatic hydroxyl groups excluding tert-OH is 2. The molecule has 176 valence electrons. The third-order valence-electron chi connectivity index (χ3n) is 4.88. The number of carbonyl (C=O) groups excluding carboxylic acids is 1. The first-order chi connectivity index (χ1) is 15.7. The Morgan fingerprint density at radius 1 is 1.00 bits per heavy atom. The minimum Gasteiger partial charge on any atom is -0.453 e. The summed E-state index contributed by atoms with van der Waals surface area (Å²) in [4.78, 5) is 11.5. The highest BCUT2D eigenvalue weighted by atomic mass is 16.5. The summed E-state index contributed by atoms with van der Waals surface area (Å²) in [6.45, 7) is 3.94. The molecule has 0 bridgehead atoms. The maximum atomic E-state index is 11.5. The Kier molecular flexibility index (Phi) is 16.5. The van der Waals surface area contributed by atoms with Crippen molar-refractivity contribution >= 4 is 11.7 Å². The Labute approximate surface area is 193 Å². The smallest absolute Gasteiger partial charge is 0.384 e. The van der Waals surface area contributed by atoms with E-state index < -0.39 is 18.7 Å². The van der Waals surface area contributed by atoms with E-state index in [-0.39, 0.29) is 6.61 Å². The van der Waals surface area contributed by atoms with Crippen molar-refractivity contribution in [3.05, 3.63) is 54.6 Å². The summed E-state index contributed by atoms with van der Waals surface area (Å²) in [5.74, 6) is 4.36. The van der Waals surface area contributed by atoms with Crippen molar-refractivity contribution in [2.45, 2.75) is 70.3 Å². The summed E-state index contributed by atoms with van der Waals surface area (Å²) < 4.78 is 4.73. The van der Waals surface area contributed by atoms with Gasteiger partial charge in [0, 0.05) is 23.7 Å². The molecular formula is C27H39NO4. The van der Waals surface area contributed by atoms with Crippen LogP contribution in [0.5, 0.6) is 0 Å². The Hall–Kier alpha value is -2.55. The number of anilines is 1. The summed E-state index contributed by atoms with van der Waals surface area (Å²) >= 11 is 0. The van der Waals surface area contributed by atoms with Gasteiger partial charge in [0.2, 0.25) is 0 Å². The van der Waals surface area contributed by atoms with E-state index in [1.807, 2.05) is 30.3 Å². The zero-order valence-corrected chi connectivity index (χ0v) is 19.2. The van der Waals surface area contributed by atoms with Crippen LogP contribution in [0.25, 0.3) is 0 Å². The highest BCUT2D eigenvalue weighted by molar-refractivity contribution is 5.89. The van der Waals surface area contributed by atoms with Crippen molar-refractivity contribution in [2.75, 3.05) is 25.1 Å². The monoisotopic (exact) mass is 441 g/mol. The number of benzene rings is 1. The quantitative estimate of drug-likeness (QED) is 0.137. The lowest BCUT2D eigenvalue weighted by Gasteiger charge is -2.05. The molecule has 3 N–H and O–H groups in total. The number of aliphatic hydroxyl groups is 2. The number of ether oxygens (including phenoxy) is 1. The minimum atomic E-state index is -1.07. The minimum absolute atomic E-state index is 0.265. The molecule has 0 radical (unpaired) electrons. The van der Waals surface area contributed by atoms with Crippen molar-refractivity contribution in [2.24, 2.45) is 0 Å². The fourth-order valence-corrected chi connectivity index (χ4v) is 3.00. The predicted octanol–water partition coefficient (Wildman–Crippen LogP) is 4.99. The molecule has 0 saturated carbocycles. The van der Waals surface area contributed by atoms with Gasteiger partial charge in [0.05, 0.1) is 6.61 Å². The number of hydrogen-bond donors (Lipinski definition) is 3. The first-order valence-corrected chi connectivity index (χ1v) is 11.7. The van der Waals surface area contributed by atoms with E-state index in [0.29, 0.717) is 5.56 Å². The Morgan fingerprint density at radius 2 is 1.62 bits per heavy atom. The molecule has 1 unspecified atom stereocenters. The lowest BCUT2D eigenvalue weighted by molar-refractivity contribution is -0.140. The molecule has 32 heavy (non-hydrogen) atoms. The lowest BCUT2D eigenvalue weighted by Crippen LogP contribution is -2.21. The standard InChI is InChI=1S/C27H39NO4/c1-2-3-4-5-6-7-8-9-10-11-12-13-14-21-28-25-18-15-24(16-19-25)17-20-27(31)32-23-26(30)22-29/h2,11-12,15-16,18-19,26,28-30H,1,3-10,13-14,21-23H2. The maximum Gasteiger partial charge on any atom is 0.384 e. The molecule has 0 aliphatic carbocycles. The van der Waals surface area contributed by atoms with Crippen molar-refractivity contribution in [1.29, 1.82) is 0 Å². The Balaban J connectivity index is 2.08. The normalized spacial score (nSPS) is 11.6. The van der Waals surface area contributed by atoms with Gasteiger partial charge < -0.3 is 20.3 Å². The van der Waals surface area contributed by atoms with Crippen molar-refractivity contribution < 1.29 is 19.7 Å². The number of rotatable bonds is 17. The number of allylic oxidation sites excluding steroid dienone is 3. The molecule has 0 amide bonds. The van der Waals surface area contributed by atoms with Gasteiger partial charge in [-0.25, -0.2) is 4.79 Å². The van der Waals surface area contributed by atoms with E-state index in [9.17, 15) is 4.79 Å². The van der Waals surface area contributed by atoms with E-state index >= 15 is 0 Å². The Bertz CT molecular complexity index is 715. The molecule has 0 fully saturated rings. The topological polar surface area (TPSA) is 78.8 Å². The van der Waals surface area contributed by atoms with Gasteiger partial charge in [0.15, 0.2) is 0 Å². The fraction of sp³-hybridized carbons (Fsp3) is 0.519. The van der Waals surface area contributed by atoms with Crippen LogP contribution in [0.3, 0.4) is 0 Å². The molecule has 5 heteroatoms. The van der Waals surface area contributed by atoms with Gasteiger partial charge >= 0.3 is 5.97 Å². The lowest BCUT2D eigenvalue weighted by atomic mass is 10.1. The highest BCUT2D eigenvalue weighted by Crippen LogP contribution is 2.10. The zero-order chi connectivity index (χ0) is 23.3. The third kappa shape index (κ3) is 15.3. The summed E-state index contributed by atoms with van der Waals surface area (Å²) in [6.07, 6.45) is 17.9. The molecule has 0 spiro atoms. The van der Waals surface area contributed by atoms with Crippen LogP contribution in [0.2, 0.25) is 0 Å². The zero-order valence-electron chi connectivity index (χ0n) is 19.2. The SMILES string of the molecule is C=CCCCCCCCCC=CCCCNc1ccc(C#CC(=O)OCC(O)CO)cc1. The number of nitrogens with one attached hydrogen (secondary N) is 1. The largest absolute Gasteiger partial charge is 0.453 e. The molecule has 1 atom stereocenters. The van der Waals surface area contributed by atoms with E-state index in [1.165, 1.54) is 44.9 Å². The van der Waals surface area contributed by atoms with Gasteiger partial charge in [-0.2, -0.15) is 0 Å². The van der Waals surface area contributed by atoms with Gasteiger partial charge in [0.1, 0.15) is 12.7 Å². The van der Waals surface area contributed by atoms with Crippen LogP contribution in [0.1, 0.15) is 69.8 Å². The van der Waals surface area contributed by atoms with Crippen molar-refractivity contribution in [3.63, 3.8) is 0 Å². The summed E-state index contributed by atoms with van der Waals surface area (Å²) in [5, 5.41) is 21.2. The summed E-state index contributed by atoms with van der Waals surface area (Å²) in [6, 6.07) is 7.53. The van der Waals surface area contributed by atoms with Crippen LogP contribution in [0.15, 0.2) is 49.1 Å². The maximum absolute atomic E-state index is 11.5.